The number of ether oxygens (including phenoxy) is 1. The van der Waals surface area contributed by atoms with Crippen molar-refractivity contribution in [2.75, 3.05) is 23.9 Å². The molecule has 0 aliphatic rings. The molecule has 0 spiro atoms. The minimum absolute atomic E-state index is 0.0834. The number of alkyl halides is 3. The second kappa shape index (κ2) is 9.89. The van der Waals surface area contributed by atoms with Gasteiger partial charge in [-0.15, -0.1) is 0 Å². The predicted octanol–water partition coefficient (Wildman–Crippen LogP) is 6.92. The predicted molar refractivity (Wildman–Crippen MR) is 121 cm³/mol. The quantitative estimate of drug-likeness (QED) is 0.409. The lowest BCUT2D eigenvalue weighted by Crippen LogP contribution is -2.19. The number of rotatable bonds is 8. The highest BCUT2D eigenvalue weighted by Crippen LogP contribution is 2.38. The first-order valence-corrected chi connectivity index (χ1v) is 10.5. The molecule has 3 aromatic rings. The van der Waals surface area contributed by atoms with Crippen LogP contribution in [0.2, 0.25) is 0 Å². The molecule has 0 saturated heterocycles. The Balaban J connectivity index is 1.90. The summed E-state index contributed by atoms with van der Waals surface area (Å²) in [6.45, 7) is 6.75. The Morgan fingerprint density at radius 2 is 1.69 bits per heavy atom. The fourth-order valence-electron chi connectivity index (χ4n) is 3.08. The summed E-state index contributed by atoms with van der Waals surface area (Å²) in [5.74, 6) is 0.886. The van der Waals surface area contributed by atoms with Gasteiger partial charge in [0.2, 0.25) is 5.95 Å². The first kappa shape index (κ1) is 23.4. The number of aromatic nitrogens is 2. The minimum Gasteiger partial charge on any atom is -0.494 e. The van der Waals surface area contributed by atoms with Crippen molar-refractivity contribution in [1.82, 2.24) is 9.97 Å². The number of benzene rings is 2. The van der Waals surface area contributed by atoms with Gasteiger partial charge in [0.1, 0.15) is 11.3 Å². The number of hydrogen-bond acceptors (Lipinski definition) is 5. The molecule has 2 aromatic carbocycles. The molecule has 0 unspecified atom stereocenters. The van der Waals surface area contributed by atoms with Crippen LogP contribution < -0.4 is 15.0 Å². The molecular formula is C24H27F3N4O. The van der Waals surface area contributed by atoms with E-state index in [-0.39, 0.29) is 11.8 Å². The average Bonchev–Trinajstić information content (AvgIpc) is 2.77. The molecule has 0 fully saturated rings. The van der Waals surface area contributed by atoms with Gasteiger partial charge in [0.15, 0.2) is 5.82 Å². The molecule has 8 heteroatoms. The first-order valence-electron chi connectivity index (χ1n) is 10.5. The molecule has 0 radical (unpaired) electrons. The van der Waals surface area contributed by atoms with Gasteiger partial charge in [0.05, 0.1) is 6.61 Å². The lowest BCUT2D eigenvalue weighted by atomic mass is 10.0. The minimum atomic E-state index is -4.59. The van der Waals surface area contributed by atoms with Crippen molar-refractivity contribution in [2.24, 2.45) is 0 Å². The molecule has 0 saturated carbocycles. The van der Waals surface area contributed by atoms with E-state index in [1.807, 2.05) is 31.2 Å². The summed E-state index contributed by atoms with van der Waals surface area (Å²) >= 11 is 0. The zero-order valence-corrected chi connectivity index (χ0v) is 18.6. The third-order valence-corrected chi connectivity index (χ3v) is 4.92. The Hall–Kier alpha value is -3.29. The van der Waals surface area contributed by atoms with Crippen LogP contribution in [-0.4, -0.2) is 23.6 Å². The molecule has 1 heterocycles. The summed E-state index contributed by atoms with van der Waals surface area (Å²) in [5.41, 5.74) is 1.49. The van der Waals surface area contributed by atoms with Gasteiger partial charge >= 0.3 is 6.18 Å². The van der Waals surface area contributed by atoms with Gasteiger partial charge in [0, 0.05) is 24.6 Å². The highest BCUT2D eigenvalue weighted by molar-refractivity contribution is 5.65. The summed E-state index contributed by atoms with van der Waals surface area (Å²) in [6, 6.07) is 14.5. The van der Waals surface area contributed by atoms with Crippen molar-refractivity contribution in [2.45, 2.75) is 39.3 Å². The third-order valence-electron chi connectivity index (χ3n) is 4.92. The molecule has 0 atom stereocenters. The van der Waals surface area contributed by atoms with Gasteiger partial charge in [-0.2, -0.15) is 18.2 Å². The summed E-state index contributed by atoms with van der Waals surface area (Å²) in [5, 5.41) is 2.99. The van der Waals surface area contributed by atoms with E-state index < -0.39 is 11.7 Å². The van der Waals surface area contributed by atoms with Gasteiger partial charge < -0.3 is 15.0 Å². The molecule has 170 valence electrons. The van der Waals surface area contributed by atoms with E-state index in [1.165, 1.54) is 4.90 Å². The number of halogens is 3. The standard InChI is InChI=1S/C24H27F3N4O/c1-5-14-32-20-12-10-19(11-13-20)31(4)22-21(24(25,26)27)15-28-23(30-22)29-18-8-6-17(7-9-18)16(2)3/h6-13,15-16H,5,14H2,1-4H3,(H,28,29,30). The van der Waals surface area contributed by atoms with Gasteiger partial charge in [-0.25, -0.2) is 4.98 Å². The third kappa shape index (κ3) is 5.69. The molecule has 1 N–H and O–H groups in total. The largest absolute Gasteiger partial charge is 0.494 e. The SMILES string of the molecule is CCCOc1ccc(N(C)c2nc(Nc3ccc(C(C)C)cc3)ncc2C(F)(F)F)cc1. The van der Waals surface area contributed by atoms with E-state index in [1.54, 1.807) is 31.3 Å². The van der Waals surface area contributed by atoms with Crippen LogP contribution in [0, 0.1) is 0 Å². The van der Waals surface area contributed by atoms with E-state index in [0.717, 1.165) is 18.2 Å². The number of anilines is 4. The summed E-state index contributed by atoms with van der Waals surface area (Å²) in [7, 11) is 1.54. The first-order chi connectivity index (χ1) is 15.2. The summed E-state index contributed by atoms with van der Waals surface area (Å²) in [6.07, 6.45) is -2.92. The van der Waals surface area contributed by atoms with E-state index >= 15 is 0 Å². The average molecular weight is 445 g/mol. The van der Waals surface area contributed by atoms with E-state index in [2.05, 4.69) is 29.1 Å². The van der Waals surface area contributed by atoms with E-state index in [0.29, 0.717) is 29.6 Å². The van der Waals surface area contributed by atoms with Crippen LogP contribution in [0.1, 0.15) is 44.2 Å². The maximum Gasteiger partial charge on any atom is 0.421 e. The van der Waals surface area contributed by atoms with Gasteiger partial charge in [-0.1, -0.05) is 32.9 Å². The summed E-state index contributed by atoms with van der Waals surface area (Å²) < 4.78 is 46.5. The Morgan fingerprint density at radius 1 is 1.03 bits per heavy atom. The Morgan fingerprint density at radius 3 is 2.25 bits per heavy atom. The molecule has 0 aliphatic heterocycles. The number of nitrogens with one attached hydrogen (secondary N) is 1. The zero-order chi connectivity index (χ0) is 23.3. The molecule has 0 amide bonds. The molecular weight excluding hydrogens is 417 g/mol. The summed E-state index contributed by atoms with van der Waals surface area (Å²) in [4.78, 5) is 9.48. The lowest BCUT2D eigenvalue weighted by molar-refractivity contribution is -0.137. The van der Waals surface area contributed by atoms with Crippen LogP contribution in [0.15, 0.2) is 54.7 Å². The Bertz CT molecular complexity index is 1020. The van der Waals surface area contributed by atoms with Crippen LogP contribution in [-0.2, 0) is 6.18 Å². The molecule has 0 aliphatic carbocycles. The van der Waals surface area contributed by atoms with Crippen molar-refractivity contribution < 1.29 is 17.9 Å². The van der Waals surface area contributed by atoms with E-state index in [9.17, 15) is 13.2 Å². The normalized spacial score (nSPS) is 11.5. The molecule has 5 nitrogen and oxygen atoms in total. The van der Waals surface area contributed by atoms with Crippen molar-refractivity contribution in [3.05, 3.63) is 65.9 Å². The molecule has 3 rings (SSSR count). The Labute approximate surface area is 186 Å². The van der Waals surface area contributed by atoms with Crippen molar-refractivity contribution >= 4 is 23.1 Å². The molecule has 0 bridgehead atoms. The topological polar surface area (TPSA) is 50.3 Å². The van der Waals surface area contributed by atoms with Crippen LogP contribution in [0.5, 0.6) is 5.75 Å². The van der Waals surface area contributed by atoms with Crippen LogP contribution in [0.25, 0.3) is 0 Å². The second-order valence-electron chi connectivity index (χ2n) is 7.73. The van der Waals surface area contributed by atoms with Crippen LogP contribution in [0.4, 0.5) is 36.3 Å². The lowest BCUT2D eigenvalue weighted by Gasteiger charge is -2.23. The van der Waals surface area contributed by atoms with Crippen molar-refractivity contribution in [3.8, 4) is 5.75 Å². The van der Waals surface area contributed by atoms with Crippen molar-refractivity contribution in [1.29, 1.82) is 0 Å². The zero-order valence-electron chi connectivity index (χ0n) is 18.6. The monoisotopic (exact) mass is 444 g/mol. The highest BCUT2D eigenvalue weighted by Gasteiger charge is 2.36. The fraction of sp³-hybridized carbons (Fsp3) is 0.333. The highest BCUT2D eigenvalue weighted by atomic mass is 19.4. The maximum atomic E-state index is 13.7. The fourth-order valence-corrected chi connectivity index (χ4v) is 3.08. The number of nitrogens with zero attached hydrogens (tertiary/aromatic N) is 3. The smallest absolute Gasteiger partial charge is 0.421 e. The van der Waals surface area contributed by atoms with Gasteiger partial charge in [-0.3, -0.25) is 0 Å². The molecule has 1 aromatic heterocycles. The number of hydrogen-bond donors (Lipinski definition) is 1. The van der Waals surface area contributed by atoms with Gasteiger partial charge in [-0.05, 0) is 54.3 Å². The molecule has 32 heavy (non-hydrogen) atoms. The van der Waals surface area contributed by atoms with E-state index in [4.69, 9.17) is 4.74 Å². The van der Waals surface area contributed by atoms with Crippen LogP contribution in [0.3, 0.4) is 0 Å². The maximum absolute atomic E-state index is 13.7. The van der Waals surface area contributed by atoms with Crippen LogP contribution >= 0.6 is 0 Å². The van der Waals surface area contributed by atoms with Crippen molar-refractivity contribution in [3.63, 3.8) is 0 Å². The second-order valence-corrected chi connectivity index (χ2v) is 7.73. The Kier molecular flexibility index (Phi) is 7.22. The van der Waals surface area contributed by atoms with Gasteiger partial charge in [0.25, 0.3) is 0 Å².